The van der Waals surface area contributed by atoms with Crippen LogP contribution in [0.5, 0.6) is 0 Å². The van der Waals surface area contributed by atoms with Crippen molar-refractivity contribution < 1.29 is 9.90 Å². The van der Waals surface area contributed by atoms with Crippen molar-refractivity contribution >= 4 is 5.97 Å². The lowest BCUT2D eigenvalue weighted by Crippen LogP contribution is -2.21. The zero-order valence-corrected chi connectivity index (χ0v) is 10.8. The van der Waals surface area contributed by atoms with Crippen LogP contribution in [-0.4, -0.2) is 17.6 Å². The normalized spacial score (nSPS) is 12.4. The van der Waals surface area contributed by atoms with E-state index in [1.165, 1.54) is 16.7 Å². The predicted molar refractivity (Wildman–Crippen MR) is 69.2 cm³/mol. The van der Waals surface area contributed by atoms with E-state index in [4.69, 9.17) is 5.11 Å². The highest BCUT2D eigenvalue weighted by atomic mass is 16.4. The van der Waals surface area contributed by atoms with Gasteiger partial charge in [0.1, 0.15) is 0 Å². The van der Waals surface area contributed by atoms with E-state index in [0.717, 1.165) is 6.54 Å². The van der Waals surface area contributed by atoms with Gasteiger partial charge in [-0.1, -0.05) is 18.2 Å². The molecule has 1 atom stereocenters. The van der Waals surface area contributed by atoms with Crippen molar-refractivity contribution in [1.82, 2.24) is 5.32 Å². The third-order valence-corrected chi connectivity index (χ3v) is 3.13. The Morgan fingerprint density at radius 1 is 1.41 bits per heavy atom. The largest absolute Gasteiger partial charge is 0.481 e. The summed E-state index contributed by atoms with van der Waals surface area (Å²) in [5.74, 6) is -0.730. The number of aryl methyl sites for hydroxylation is 1. The third-order valence-electron chi connectivity index (χ3n) is 3.13. The van der Waals surface area contributed by atoms with Gasteiger partial charge in [0.25, 0.3) is 0 Å². The van der Waals surface area contributed by atoms with Crippen LogP contribution in [0.4, 0.5) is 0 Å². The zero-order valence-electron chi connectivity index (χ0n) is 10.8. The molecular formula is C14H21NO2. The Morgan fingerprint density at radius 3 is 2.76 bits per heavy atom. The molecule has 0 radical (unpaired) electrons. The highest BCUT2D eigenvalue weighted by molar-refractivity contribution is 5.66. The molecule has 0 spiro atoms. The van der Waals surface area contributed by atoms with Gasteiger partial charge < -0.3 is 10.4 Å². The molecule has 94 valence electrons. The molecule has 0 aromatic heterocycles. The molecule has 1 aromatic rings. The van der Waals surface area contributed by atoms with Gasteiger partial charge in [-0.05, 0) is 50.4 Å². The number of hydrogen-bond donors (Lipinski definition) is 2. The van der Waals surface area contributed by atoms with Gasteiger partial charge in [-0.3, -0.25) is 4.79 Å². The van der Waals surface area contributed by atoms with Crippen molar-refractivity contribution in [2.24, 2.45) is 0 Å². The summed E-state index contributed by atoms with van der Waals surface area (Å²) in [5, 5.41) is 11.9. The van der Waals surface area contributed by atoms with Crippen LogP contribution in [0.2, 0.25) is 0 Å². The number of rotatable bonds is 6. The number of carboxylic acids is 1. The van der Waals surface area contributed by atoms with Crippen LogP contribution in [-0.2, 0) is 4.79 Å². The number of carboxylic acid groups (broad SMARTS) is 1. The number of benzene rings is 1. The van der Waals surface area contributed by atoms with Crippen LogP contribution < -0.4 is 5.32 Å². The molecule has 0 aliphatic heterocycles. The molecule has 17 heavy (non-hydrogen) atoms. The minimum atomic E-state index is -0.730. The summed E-state index contributed by atoms with van der Waals surface area (Å²) < 4.78 is 0. The Labute approximate surface area is 103 Å². The number of aliphatic carboxylic acids is 1. The first-order chi connectivity index (χ1) is 8.02. The van der Waals surface area contributed by atoms with Crippen LogP contribution >= 0.6 is 0 Å². The molecule has 3 nitrogen and oxygen atoms in total. The van der Waals surface area contributed by atoms with Crippen molar-refractivity contribution in [1.29, 1.82) is 0 Å². The van der Waals surface area contributed by atoms with Crippen molar-refractivity contribution in [2.75, 3.05) is 6.54 Å². The molecule has 1 rings (SSSR count). The first-order valence-corrected chi connectivity index (χ1v) is 6.03. The first-order valence-electron chi connectivity index (χ1n) is 6.03. The summed E-state index contributed by atoms with van der Waals surface area (Å²) in [6, 6.07) is 6.56. The smallest absolute Gasteiger partial charge is 0.303 e. The zero-order chi connectivity index (χ0) is 12.8. The number of hydrogen-bond acceptors (Lipinski definition) is 2. The van der Waals surface area contributed by atoms with Gasteiger partial charge in [-0.15, -0.1) is 0 Å². The fourth-order valence-corrected chi connectivity index (χ4v) is 1.91. The minimum Gasteiger partial charge on any atom is -0.481 e. The standard InChI is InChI=1S/C14H21NO2/c1-10-6-4-7-13(11(10)2)12(3)15-9-5-8-14(16)17/h4,6-7,12,15H,5,8-9H2,1-3H3,(H,16,17). The molecule has 0 aliphatic rings. The molecule has 0 aliphatic carbocycles. The van der Waals surface area contributed by atoms with E-state index < -0.39 is 5.97 Å². The Hall–Kier alpha value is -1.35. The second-order valence-corrected chi connectivity index (χ2v) is 4.46. The third kappa shape index (κ3) is 4.19. The molecule has 1 unspecified atom stereocenters. The molecule has 1 aromatic carbocycles. The molecule has 0 heterocycles. The van der Waals surface area contributed by atoms with Crippen LogP contribution in [0.15, 0.2) is 18.2 Å². The summed E-state index contributed by atoms with van der Waals surface area (Å²) in [7, 11) is 0. The fraction of sp³-hybridized carbons (Fsp3) is 0.500. The Morgan fingerprint density at radius 2 is 2.12 bits per heavy atom. The van der Waals surface area contributed by atoms with E-state index in [2.05, 4.69) is 44.3 Å². The SMILES string of the molecule is Cc1cccc(C(C)NCCCC(=O)O)c1C. The molecule has 0 saturated carbocycles. The van der Waals surface area contributed by atoms with Crippen molar-refractivity contribution in [3.63, 3.8) is 0 Å². The van der Waals surface area contributed by atoms with Crippen molar-refractivity contribution in [3.05, 3.63) is 34.9 Å². The lowest BCUT2D eigenvalue weighted by atomic mass is 9.98. The van der Waals surface area contributed by atoms with Crippen LogP contribution in [0.1, 0.15) is 42.5 Å². The molecular weight excluding hydrogens is 214 g/mol. The predicted octanol–water partition coefficient (Wildman–Crippen LogP) is 2.82. The number of carbonyl (C=O) groups is 1. The Kier molecular flexibility index (Phi) is 5.16. The van der Waals surface area contributed by atoms with Crippen LogP contribution in [0, 0.1) is 13.8 Å². The topological polar surface area (TPSA) is 49.3 Å². The second kappa shape index (κ2) is 6.40. The summed E-state index contributed by atoms with van der Waals surface area (Å²) in [6.45, 7) is 7.08. The van der Waals surface area contributed by atoms with E-state index in [1.807, 2.05) is 0 Å². The van der Waals surface area contributed by atoms with E-state index in [9.17, 15) is 4.79 Å². The minimum absolute atomic E-state index is 0.229. The maximum Gasteiger partial charge on any atom is 0.303 e. The second-order valence-electron chi connectivity index (χ2n) is 4.46. The van der Waals surface area contributed by atoms with Crippen molar-refractivity contribution in [2.45, 2.75) is 39.7 Å². The summed E-state index contributed by atoms with van der Waals surface area (Å²) in [4.78, 5) is 10.4. The average Bonchev–Trinajstić information content (AvgIpc) is 2.27. The molecule has 3 heteroatoms. The summed E-state index contributed by atoms with van der Waals surface area (Å²) in [6.07, 6.45) is 0.900. The summed E-state index contributed by atoms with van der Waals surface area (Å²) >= 11 is 0. The first kappa shape index (κ1) is 13.7. The van der Waals surface area contributed by atoms with Gasteiger partial charge in [-0.25, -0.2) is 0 Å². The number of nitrogens with one attached hydrogen (secondary N) is 1. The summed E-state index contributed by atoms with van der Waals surface area (Å²) in [5.41, 5.74) is 3.90. The van der Waals surface area contributed by atoms with Gasteiger partial charge in [-0.2, -0.15) is 0 Å². The maximum absolute atomic E-state index is 10.4. The lowest BCUT2D eigenvalue weighted by Gasteiger charge is -2.17. The molecule has 0 saturated heterocycles. The van der Waals surface area contributed by atoms with Crippen LogP contribution in [0.25, 0.3) is 0 Å². The fourth-order valence-electron chi connectivity index (χ4n) is 1.91. The van der Waals surface area contributed by atoms with Gasteiger partial charge >= 0.3 is 5.97 Å². The van der Waals surface area contributed by atoms with Crippen molar-refractivity contribution in [3.8, 4) is 0 Å². The Bertz CT molecular complexity index is 388. The maximum atomic E-state index is 10.4. The van der Waals surface area contributed by atoms with Gasteiger partial charge in [0, 0.05) is 12.5 Å². The van der Waals surface area contributed by atoms with Gasteiger partial charge in [0.15, 0.2) is 0 Å². The quantitative estimate of drug-likeness (QED) is 0.745. The van der Waals surface area contributed by atoms with E-state index >= 15 is 0 Å². The highest BCUT2D eigenvalue weighted by Crippen LogP contribution is 2.19. The van der Waals surface area contributed by atoms with Gasteiger partial charge in [0.2, 0.25) is 0 Å². The van der Waals surface area contributed by atoms with Gasteiger partial charge in [0.05, 0.1) is 0 Å². The monoisotopic (exact) mass is 235 g/mol. The van der Waals surface area contributed by atoms with E-state index in [-0.39, 0.29) is 12.5 Å². The Balaban J connectivity index is 2.49. The molecule has 0 amide bonds. The average molecular weight is 235 g/mol. The van der Waals surface area contributed by atoms with E-state index in [1.54, 1.807) is 0 Å². The van der Waals surface area contributed by atoms with Crippen LogP contribution in [0.3, 0.4) is 0 Å². The molecule has 2 N–H and O–H groups in total. The highest BCUT2D eigenvalue weighted by Gasteiger charge is 2.08. The molecule has 0 bridgehead atoms. The van der Waals surface area contributed by atoms with E-state index in [0.29, 0.717) is 6.42 Å². The lowest BCUT2D eigenvalue weighted by molar-refractivity contribution is -0.137. The molecule has 0 fully saturated rings.